The second kappa shape index (κ2) is 4.79. The molecule has 100 valence electrons. The Kier molecular flexibility index (Phi) is 3.32. The number of ether oxygens (including phenoxy) is 1. The number of esters is 2. The largest absolute Gasteiger partial charge is 0.481 e. The van der Waals surface area contributed by atoms with Gasteiger partial charge in [-0.2, -0.15) is 0 Å². The number of cyclic esters (lactones) is 2. The van der Waals surface area contributed by atoms with Crippen LogP contribution in [-0.2, 0) is 9.53 Å². The molecule has 7 nitrogen and oxygen atoms in total. The van der Waals surface area contributed by atoms with Gasteiger partial charge in [-0.15, -0.1) is 0 Å². The summed E-state index contributed by atoms with van der Waals surface area (Å²) in [6, 6.07) is 4.08. The maximum Gasteiger partial charge on any atom is 0.347 e. The van der Waals surface area contributed by atoms with Crippen molar-refractivity contribution in [3.63, 3.8) is 0 Å². The fourth-order valence-corrected chi connectivity index (χ4v) is 1.90. The van der Waals surface area contributed by atoms with Gasteiger partial charge in [0.2, 0.25) is 0 Å². The highest BCUT2D eigenvalue weighted by Gasteiger charge is 2.35. The summed E-state index contributed by atoms with van der Waals surface area (Å²) >= 11 is 0. The molecule has 0 bridgehead atoms. The third kappa shape index (κ3) is 2.33. The van der Waals surface area contributed by atoms with E-state index >= 15 is 0 Å². The Bertz CT molecular complexity index is 563. The summed E-state index contributed by atoms with van der Waals surface area (Å²) in [5.74, 6) is -3.04. The smallest absolute Gasteiger partial charge is 0.347 e. The van der Waals surface area contributed by atoms with Crippen molar-refractivity contribution >= 4 is 17.9 Å². The third-order valence-electron chi connectivity index (χ3n) is 2.77. The van der Waals surface area contributed by atoms with Crippen molar-refractivity contribution in [1.82, 2.24) is 0 Å². The number of rotatable bonds is 4. The molecule has 1 heterocycles. The second-order valence-corrected chi connectivity index (χ2v) is 4.06. The van der Waals surface area contributed by atoms with Gasteiger partial charge in [0.1, 0.15) is 6.10 Å². The second-order valence-electron chi connectivity index (χ2n) is 4.06. The summed E-state index contributed by atoms with van der Waals surface area (Å²) in [5.41, 5.74) is -0.171. The van der Waals surface area contributed by atoms with E-state index in [-0.39, 0.29) is 16.7 Å². The van der Waals surface area contributed by atoms with Crippen LogP contribution in [0.15, 0.2) is 18.2 Å². The van der Waals surface area contributed by atoms with Crippen LogP contribution >= 0.6 is 0 Å². The minimum absolute atomic E-state index is 0.0101. The summed E-state index contributed by atoms with van der Waals surface area (Å²) < 4.78 is 4.40. The number of carboxylic acid groups (broad SMARTS) is 1. The van der Waals surface area contributed by atoms with Crippen LogP contribution < -0.4 is 0 Å². The van der Waals surface area contributed by atoms with Crippen LogP contribution in [0.5, 0.6) is 0 Å². The topological polar surface area (TPSA) is 121 Å². The van der Waals surface area contributed by atoms with Crippen LogP contribution in [0.4, 0.5) is 0 Å². The highest BCUT2D eigenvalue weighted by molar-refractivity contribution is 6.15. The SMILES string of the molecule is O=C(O)CC(O)C(O)c1cccc2c1C(=O)OC2=O. The standard InChI is InChI=1S/C12H10O7/c13-7(4-8(14)15)10(16)5-2-1-3-6-9(5)12(18)19-11(6)17/h1-3,7,10,13,16H,4H2,(H,14,15). The van der Waals surface area contributed by atoms with Crippen LogP contribution in [0.25, 0.3) is 0 Å². The van der Waals surface area contributed by atoms with Crippen molar-refractivity contribution in [2.45, 2.75) is 18.6 Å². The van der Waals surface area contributed by atoms with Crippen molar-refractivity contribution < 1.29 is 34.4 Å². The van der Waals surface area contributed by atoms with Crippen molar-refractivity contribution in [1.29, 1.82) is 0 Å². The zero-order chi connectivity index (χ0) is 14.2. The number of benzene rings is 1. The Morgan fingerprint density at radius 1 is 1.21 bits per heavy atom. The normalized spacial score (nSPS) is 16.7. The lowest BCUT2D eigenvalue weighted by Gasteiger charge is -2.17. The first-order valence-electron chi connectivity index (χ1n) is 5.39. The average Bonchev–Trinajstić information content (AvgIpc) is 2.63. The summed E-state index contributed by atoms with van der Waals surface area (Å²) in [5, 5.41) is 28.0. The number of fused-ring (bicyclic) bond motifs is 1. The van der Waals surface area contributed by atoms with Crippen molar-refractivity contribution in [3.05, 3.63) is 34.9 Å². The van der Waals surface area contributed by atoms with Gasteiger partial charge in [-0.25, -0.2) is 9.59 Å². The highest BCUT2D eigenvalue weighted by Crippen LogP contribution is 2.30. The van der Waals surface area contributed by atoms with E-state index in [9.17, 15) is 24.6 Å². The molecule has 0 fully saturated rings. The molecule has 0 spiro atoms. The molecule has 3 N–H and O–H groups in total. The Balaban J connectivity index is 2.39. The lowest BCUT2D eigenvalue weighted by atomic mass is 9.94. The fraction of sp³-hybridized carbons (Fsp3) is 0.250. The molecule has 0 amide bonds. The van der Waals surface area contributed by atoms with E-state index in [1.54, 1.807) is 0 Å². The summed E-state index contributed by atoms with van der Waals surface area (Å²) in [6.45, 7) is 0. The summed E-state index contributed by atoms with van der Waals surface area (Å²) in [6.07, 6.45) is -3.87. The van der Waals surface area contributed by atoms with E-state index in [1.807, 2.05) is 0 Å². The Labute approximate surface area is 107 Å². The molecule has 0 radical (unpaired) electrons. The first-order chi connectivity index (χ1) is 8.91. The van der Waals surface area contributed by atoms with E-state index in [0.29, 0.717) is 0 Å². The van der Waals surface area contributed by atoms with E-state index < -0.39 is 36.5 Å². The zero-order valence-corrected chi connectivity index (χ0v) is 9.57. The van der Waals surface area contributed by atoms with Gasteiger partial charge in [-0.05, 0) is 11.6 Å². The van der Waals surface area contributed by atoms with Crippen molar-refractivity contribution in [2.75, 3.05) is 0 Å². The lowest BCUT2D eigenvalue weighted by molar-refractivity contribution is -0.141. The number of carboxylic acids is 1. The number of hydrogen-bond acceptors (Lipinski definition) is 6. The third-order valence-corrected chi connectivity index (χ3v) is 2.77. The quantitative estimate of drug-likeness (QED) is 0.512. The van der Waals surface area contributed by atoms with Gasteiger partial charge < -0.3 is 20.1 Å². The molecule has 2 rings (SSSR count). The minimum atomic E-state index is -1.59. The number of carbonyl (C=O) groups excluding carboxylic acids is 2. The molecule has 1 aliphatic rings. The van der Waals surface area contributed by atoms with E-state index in [0.717, 1.165) is 0 Å². The van der Waals surface area contributed by atoms with Crippen LogP contribution in [0, 0.1) is 0 Å². The Hall–Kier alpha value is -2.25. The van der Waals surface area contributed by atoms with Gasteiger partial charge in [0, 0.05) is 0 Å². The zero-order valence-electron chi connectivity index (χ0n) is 9.57. The van der Waals surface area contributed by atoms with Crippen molar-refractivity contribution in [3.8, 4) is 0 Å². The van der Waals surface area contributed by atoms with Gasteiger partial charge in [0.05, 0.1) is 23.7 Å². The van der Waals surface area contributed by atoms with Gasteiger partial charge in [-0.1, -0.05) is 12.1 Å². The Morgan fingerprint density at radius 2 is 1.89 bits per heavy atom. The van der Waals surface area contributed by atoms with Crippen LogP contribution in [-0.4, -0.2) is 39.3 Å². The molecular weight excluding hydrogens is 256 g/mol. The predicted molar refractivity (Wildman–Crippen MR) is 59.4 cm³/mol. The maximum absolute atomic E-state index is 11.5. The van der Waals surface area contributed by atoms with Crippen molar-refractivity contribution in [2.24, 2.45) is 0 Å². The number of aliphatic carboxylic acids is 1. The number of carbonyl (C=O) groups is 3. The number of aliphatic hydroxyl groups is 2. The summed E-state index contributed by atoms with van der Waals surface area (Å²) in [7, 11) is 0. The monoisotopic (exact) mass is 266 g/mol. The molecule has 19 heavy (non-hydrogen) atoms. The molecule has 0 aromatic heterocycles. The molecule has 1 aliphatic heterocycles. The molecule has 0 saturated heterocycles. The average molecular weight is 266 g/mol. The Morgan fingerprint density at radius 3 is 2.53 bits per heavy atom. The molecule has 0 aliphatic carbocycles. The highest BCUT2D eigenvalue weighted by atomic mass is 16.6. The lowest BCUT2D eigenvalue weighted by Crippen LogP contribution is -2.23. The molecule has 1 aromatic carbocycles. The van der Waals surface area contributed by atoms with Gasteiger partial charge in [0.25, 0.3) is 0 Å². The maximum atomic E-state index is 11.5. The fourth-order valence-electron chi connectivity index (χ4n) is 1.90. The van der Waals surface area contributed by atoms with Crippen LogP contribution in [0.3, 0.4) is 0 Å². The molecule has 1 aromatic rings. The van der Waals surface area contributed by atoms with Crippen LogP contribution in [0.1, 0.15) is 38.8 Å². The first kappa shape index (κ1) is 13.2. The van der Waals surface area contributed by atoms with E-state index in [2.05, 4.69) is 4.74 Å². The number of hydrogen-bond donors (Lipinski definition) is 3. The van der Waals surface area contributed by atoms with E-state index in [1.165, 1.54) is 18.2 Å². The van der Waals surface area contributed by atoms with E-state index in [4.69, 9.17) is 5.11 Å². The molecule has 7 heteroatoms. The predicted octanol–water partition coefficient (Wildman–Crippen LogP) is -0.134. The molecule has 2 atom stereocenters. The summed E-state index contributed by atoms with van der Waals surface area (Å²) in [4.78, 5) is 33.3. The number of aliphatic hydroxyl groups excluding tert-OH is 2. The molecular formula is C12H10O7. The molecule has 2 unspecified atom stereocenters. The first-order valence-corrected chi connectivity index (χ1v) is 5.39. The van der Waals surface area contributed by atoms with Gasteiger partial charge in [0.15, 0.2) is 0 Å². The van der Waals surface area contributed by atoms with Crippen LogP contribution in [0.2, 0.25) is 0 Å². The van der Waals surface area contributed by atoms with Gasteiger partial charge in [-0.3, -0.25) is 4.79 Å². The molecule has 0 saturated carbocycles. The minimum Gasteiger partial charge on any atom is -0.481 e. The van der Waals surface area contributed by atoms with Gasteiger partial charge >= 0.3 is 17.9 Å².